The second-order valence-corrected chi connectivity index (χ2v) is 9.60. The second-order valence-electron chi connectivity index (χ2n) is 7.89. The van der Waals surface area contributed by atoms with E-state index in [0.29, 0.717) is 17.8 Å². The van der Waals surface area contributed by atoms with Gasteiger partial charge in [-0.2, -0.15) is 4.72 Å². The van der Waals surface area contributed by atoms with Crippen LogP contribution in [0.15, 0.2) is 63.6 Å². The van der Waals surface area contributed by atoms with Crippen LogP contribution in [-0.2, 0) is 24.4 Å². The molecule has 0 saturated carbocycles. The van der Waals surface area contributed by atoms with Crippen LogP contribution in [0.2, 0.25) is 0 Å². The van der Waals surface area contributed by atoms with Crippen molar-refractivity contribution in [3.8, 4) is 0 Å². The van der Waals surface area contributed by atoms with Crippen LogP contribution >= 0.6 is 0 Å². The van der Waals surface area contributed by atoms with E-state index < -0.39 is 40.6 Å². The molecule has 12 nitrogen and oxygen atoms in total. The minimum Gasteiger partial charge on any atom is -0.480 e. The molecule has 0 spiro atoms. The van der Waals surface area contributed by atoms with Crippen molar-refractivity contribution < 1.29 is 28.0 Å². The summed E-state index contributed by atoms with van der Waals surface area (Å²) in [7, 11) is -4.09. The standard InChI is InChI=1S/C22H26N6O6S/c1-13-2-8-17(9-3-13)35(32,33)28-19(21(30)31)12-25-20(29)11-16-10-18(27-34-16)14-4-6-15(7-5-14)26-22(23)24/h2-9,16,19,28H,10-12H2,1H3,(H,25,29)(H,30,31)(H4,23,24,26)/t16-,19-/m0/s1. The molecule has 13 heteroatoms. The average Bonchev–Trinajstić information content (AvgIpc) is 3.25. The molecular formula is C22H26N6O6S. The maximum absolute atomic E-state index is 12.5. The van der Waals surface area contributed by atoms with E-state index in [9.17, 15) is 23.1 Å². The number of amides is 1. The summed E-state index contributed by atoms with van der Waals surface area (Å²) in [6, 6.07) is 11.4. The highest BCUT2D eigenvalue weighted by Crippen LogP contribution is 2.21. The highest BCUT2D eigenvalue weighted by molar-refractivity contribution is 7.89. The number of hydrogen-bond donors (Lipinski definition) is 5. The summed E-state index contributed by atoms with van der Waals surface area (Å²) in [6.07, 6.45) is -0.275. The Bertz CT molecular complexity index is 1240. The topological polar surface area (TPSA) is 199 Å². The van der Waals surface area contributed by atoms with Crippen LogP contribution in [0.25, 0.3) is 0 Å². The van der Waals surface area contributed by atoms with Gasteiger partial charge >= 0.3 is 5.97 Å². The summed E-state index contributed by atoms with van der Waals surface area (Å²) in [5, 5.41) is 15.9. The molecule has 7 N–H and O–H groups in total. The second kappa shape index (κ2) is 11.0. The van der Waals surface area contributed by atoms with Crippen molar-refractivity contribution in [2.45, 2.75) is 36.8 Å². The molecule has 0 bridgehead atoms. The van der Waals surface area contributed by atoms with Gasteiger partial charge in [-0.05, 0) is 36.8 Å². The summed E-state index contributed by atoms with van der Waals surface area (Å²) < 4.78 is 27.1. The van der Waals surface area contributed by atoms with Crippen molar-refractivity contribution in [1.82, 2.24) is 10.0 Å². The number of carboxylic acid groups (broad SMARTS) is 1. The molecule has 1 aliphatic heterocycles. The summed E-state index contributed by atoms with van der Waals surface area (Å²) in [5.74, 6) is -1.98. The van der Waals surface area contributed by atoms with Crippen LogP contribution in [-0.4, -0.2) is 55.8 Å². The number of sulfonamides is 1. The lowest BCUT2D eigenvalue weighted by Crippen LogP contribution is -2.48. The molecule has 2 aromatic rings. The predicted molar refractivity (Wildman–Crippen MR) is 128 cm³/mol. The number of guanidine groups is 1. The van der Waals surface area contributed by atoms with E-state index in [1.165, 1.54) is 12.1 Å². The van der Waals surface area contributed by atoms with Gasteiger partial charge in [0.1, 0.15) is 12.1 Å². The Morgan fingerprint density at radius 2 is 1.83 bits per heavy atom. The Morgan fingerprint density at radius 1 is 1.17 bits per heavy atom. The van der Waals surface area contributed by atoms with Crippen molar-refractivity contribution in [1.29, 1.82) is 0 Å². The number of carbonyl (C=O) groups excluding carboxylic acids is 1. The van der Waals surface area contributed by atoms with Crippen molar-refractivity contribution >= 4 is 39.3 Å². The van der Waals surface area contributed by atoms with Crippen LogP contribution < -0.4 is 21.5 Å². The fraction of sp³-hybridized carbons (Fsp3) is 0.273. The molecule has 1 aliphatic rings. The van der Waals surface area contributed by atoms with Crippen molar-refractivity contribution in [3.63, 3.8) is 0 Å². The number of nitrogens with zero attached hydrogens (tertiary/aromatic N) is 2. The first kappa shape index (κ1) is 25.6. The number of oxime groups is 1. The lowest BCUT2D eigenvalue weighted by molar-refractivity contribution is -0.138. The van der Waals surface area contributed by atoms with Gasteiger partial charge in [-0.25, -0.2) is 13.4 Å². The number of aryl methyl sites for hydroxylation is 1. The molecule has 0 aromatic heterocycles. The third-order valence-electron chi connectivity index (χ3n) is 5.03. The van der Waals surface area contributed by atoms with Gasteiger partial charge in [0.2, 0.25) is 15.9 Å². The summed E-state index contributed by atoms with van der Waals surface area (Å²) in [4.78, 5) is 33.1. The van der Waals surface area contributed by atoms with E-state index in [-0.39, 0.29) is 17.3 Å². The molecule has 0 unspecified atom stereocenters. The van der Waals surface area contributed by atoms with E-state index in [1.54, 1.807) is 43.3 Å². The van der Waals surface area contributed by atoms with Gasteiger partial charge in [0.25, 0.3) is 0 Å². The zero-order valence-corrected chi connectivity index (χ0v) is 19.7. The lowest BCUT2D eigenvalue weighted by atomic mass is 10.0. The fourth-order valence-corrected chi connectivity index (χ4v) is 4.42. The number of carbonyl (C=O) groups is 2. The molecule has 2 aromatic carbocycles. The summed E-state index contributed by atoms with van der Waals surface area (Å²) >= 11 is 0. The molecule has 1 amide bonds. The van der Waals surface area contributed by atoms with Crippen LogP contribution in [0, 0.1) is 6.92 Å². The van der Waals surface area contributed by atoms with Crippen LogP contribution in [0.5, 0.6) is 0 Å². The lowest BCUT2D eigenvalue weighted by Gasteiger charge is -2.16. The fourth-order valence-electron chi connectivity index (χ4n) is 3.23. The monoisotopic (exact) mass is 502 g/mol. The van der Waals surface area contributed by atoms with Gasteiger partial charge in [0.05, 0.1) is 22.7 Å². The number of nitrogens with one attached hydrogen (secondary N) is 2. The largest absolute Gasteiger partial charge is 0.480 e. The number of aliphatic imine (C=N–C) groups is 1. The normalized spacial score (nSPS) is 16.0. The number of benzene rings is 2. The molecule has 3 rings (SSSR count). The number of carboxylic acids is 1. The van der Waals surface area contributed by atoms with Gasteiger partial charge in [-0.3, -0.25) is 9.59 Å². The first-order chi connectivity index (χ1) is 16.5. The van der Waals surface area contributed by atoms with Crippen molar-refractivity contribution in [2.24, 2.45) is 21.6 Å². The van der Waals surface area contributed by atoms with Crippen molar-refractivity contribution in [3.05, 3.63) is 59.7 Å². The molecule has 2 atom stereocenters. The maximum atomic E-state index is 12.5. The van der Waals surface area contributed by atoms with Crippen LogP contribution in [0.3, 0.4) is 0 Å². The number of hydrogen-bond acceptors (Lipinski definition) is 7. The number of aliphatic carboxylic acids is 1. The Labute approximate surface area is 202 Å². The third-order valence-corrected chi connectivity index (χ3v) is 6.52. The first-order valence-electron chi connectivity index (χ1n) is 10.5. The molecule has 1 heterocycles. The zero-order valence-electron chi connectivity index (χ0n) is 18.8. The molecule has 0 aliphatic carbocycles. The SMILES string of the molecule is Cc1ccc(S(=O)(=O)N[C@@H](CNC(=O)C[C@@H]2CC(c3ccc(N=C(N)N)cc3)=NO2)C(=O)O)cc1. The molecular weight excluding hydrogens is 476 g/mol. The van der Waals surface area contributed by atoms with E-state index in [0.717, 1.165) is 11.1 Å². The highest BCUT2D eigenvalue weighted by atomic mass is 32.2. The Morgan fingerprint density at radius 3 is 2.43 bits per heavy atom. The zero-order chi connectivity index (χ0) is 25.6. The van der Waals surface area contributed by atoms with Gasteiger partial charge < -0.3 is 26.7 Å². The van der Waals surface area contributed by atoms with Crippen LogP contribution in [0.4, 0.5) is 5.69 Å². The maximum Gasteiger partial charge on any atom is 0.323 e. The summed E-state index contributed by atoms with van der Waals surface area (Å²) in [6.45, 7) is 1.36. The Balaban J connectivity index is 1.51. The molecule has 35 heavy (non-hydrogen) atoms. The quantitative estimate of drug-likeness (QED) is 0.226. The third kappa shape index (κ3) is 7.25. The first-order valence-corrected chi connectivity index (χ1v) is 12.0. The Kier molecular flexibility index (Phi) is 8.04. The molecule has 0 radical (unpaired) electrons. The van der Waals surface area contributed by atoms with Crippen LogP contribution in [0.1, 0.15) is 24.0 Å². The minimum atomic E-state index is -4.09. The average molecular weight is 503 g/mol. The van der Waals surface area contributed by atoms with Crippen molar-refractivity contribution in [2.75, 3.05) is 6.54 Å². The van der Waals surface area contributed by atoms with E-state index in [2.05, 4.69) is 20.2 Å². The minimum absolute atomic E-state index is 0.0570. The van der Waals surface area contributed by atoms with Gasteiger partial charge in [0.15, 0.2) is 5.96 Å². The Hall–Kier alpha value is -3.97. The number of rotatable bonds is 10. The van der Waals surface area contributed by atoms with Gasteiger partial charge in [0, 0.05) is 13.0 Å². The van der Waals surface area contributed by atoms with Gasteiger partial charge in [-0.15, -0.1) is 0 Å². The molecule has 186 valence electrons. The van der Waals surface area contributed by atoms with Gasteiger partial charge in [-0.1, -0.05) is 35.0 Å². The van der Waals surface area contributed by atoms with E-state index in [4.69, 9.17) is 16.3 Å². The smallest absolute Gasteiger partial charge is 0.323 e. The number of nitrogens with two attached hydrogens (primary N) is 2. The summed E-state index contributed by atoms with van der Waals surface area (Å²) in [5.41, 5.74) is 13.5. The molecule has 0 fully saturated rings. The predicted octanol–water partition coefficient (Wildman–Crippen LogP) is 0.331. The van der Waals surface area contributed by atoms with E-state index in [1.807, 2.05) is 0 Å². The van der Waals surface area contributed by atoms with E-state index >= 15 is 0 Å². The highest BCUT2D eigenvalue weighted by Gasteiger charge is 2.28. The molecule has 0 saturated heterocycles.